The Morgan fingerprint density at radius 3 is 2.56 bits per heavy atom. The first kappa shape index (κ1) is 18.0. The predicted molar refractivity (Wildman–Crippen MR) is 107 cm³/mol. The zero-order valence-electron chi connectivity index (χ0n) is 15.9. The highest BCUT2D eigenvalue weighted by molar-refractivity contribution is 5.94. The topological polar surface area (TPSA) is 36.0 Å². The van der Waals surface area contributed by atoms with Gasteiger partial charge in [0.15, 0.2) is 0 Å². The Kier molecular flexibility index (Phi) is 5.41. The molecular weight excluding hydrogens is 338 g/mol. The largest absolute Gasteiger partial charge is 0.493 e. The van der Waals surface area contributed by atoms with Crippen LogP contribution >= 0.6 is 0 Å². The van der Waals surface area contributed by atoms with Crippen molar-refractivity contribution in [1.82, 2.24) is 9.80 Å². The summed E-state index contributed by atoms with van der Waals surface area (Å²) in [7, 11) is 1.85. The van der Waals surface area contributed by atoms with Crippen LogP contribution in [-0.2, 0) is 17.8 Å². The van der Waals surface area contributed by atoms with E-state index in [0.29, 0.717) is 6.54 Å². The van der Waals surface area contributed by atoms with Gasteiger partial charge in [-0.05, 0) is 29.3 Å². The zero-order valence-corrected chi connectivity index (χ0v) is 15.9. The Bertz CT molecular complexity index is 785. The van der Waals surface area contributed by atoms with Crippen LogP contribution in [0, 0.1) is 0 Å². The number of amides is 1. The van der Waals surface area contributed by atoms with Gasteiger partial charge in [-0.2, -0.15) is 0 Å². The molecule has 0 unspecified atom stereocenters. The highest BCUT2D eigenvalue weighted by atomic mass is 16.5. The van der Waals surface area contributed by atoms with Crippen molar-refractivity contribution in [3.63, 3.8) is 0 Å². The molecule has 5 heteroatoms. The number of benzene rings is 2. The molecule has 1 saturated heterocycles. The second-order valence-corrected chi connectivity index (χ2v) is 7.38. The van der Waals surface area contributed by atoms with E-state index in [9.17, 15) is 4.79 Å². The first-order valence-electron chi connectivity index (χ1n) is 9.70. The van der Waals surface area contributed by atoms with Gasteiger partial charge in [0.1, 0.15) is 5.75 Å². The fraction of sp³-hybridized carbons (Fsp3) is 0.409. The lowest BCUT2D eigenvalue weighted by atomic mass is 10.1. The van der Waals surface area contributed by atoms with Gasteiger partial charge in [-0.1, -0.05) is 30.3 Å². The third kappa shape index (κ3) is 4.31. The molecule has 0 bridgehead atoms. The van der Waals surface area contributed by atoms with Gasteiger partial charge in [0, 0.05) is 51.9 Å². The van der Waals surface area contributed by atoms with Gasteiger partial charge in [-0.25, -0.2) is 0 Å². The third-order valence-corrected chi connectivity index (χ3v) is 5.50. The van der Waals surface area contributed by atoms with Gasteiger partial charge < -0.3 is 9.64 Å². The number of piperazine rings is 1. The van der Waals surface area contributed by atoms with Crippen LogP contribution < -0.4 is 9.64 Å². The third-order valence-electron chi connectivity index (χ3n) is 5.50. The minimum atomic E-state index is 0.147. The van der Waals surface area contributed by atoms with E-state index in [1.165, 1.54) is 11.1 Å². The van der Waals surface area contributed by atoms with Crippen LogP contribution in [-0.4, -0.2) is 62.1 Å². The summed E-state index contributed by atoms with van der Waals surface area (Å²) in [5.74, 6) is 1.19. The van der Waals surface area contributed by atoms with E-state index in [1.807, 2.05) is 37.4 Å². The number of hydrogen-bond donors (Lipinski definition) is 0. The van der Waals surface area contributed by atoms with Gasteiger partial charge in [0.25, 0.3) is 0 Å². The molecule has 142 valence electrons. The fourth-order valence-corrected chi connectivity index (χ4v) is 3.79. The molecule has 2 aliphatic heterocycles. The summed E-state index contributed by atoms with van der Waals surface area (Å²) in [6.07, 6.45) is 1.02. The van der Waals surface area contributed by atoms with Crippen LogP contribution in [0.1, 0.15) is 11.1 Å². The molecule has 5 nitrogen and oxygen atoms in total. The molecule has 2 aromatic carbocycles. The summed E-state index contributed by atoms with van der Waals surface area (Å²) in [6.45, 7) is 6.12. The molecule has 0 N–H and O–H groups in total. The smallest absolute Gasteiger partial charge is 0.240 e. The summed E-state index contributed by atoms with van der Waals surface area (Å²) in [5.41, 5.74) is 3.63. The maximum Gasteiger partial charge on any atom is 0.240 e. The maximum atomic E-state index is 12.6. The quantitative estimate of drug-likeness (QED) is 0.815. The minimum Gasteiger partial charge on any atom is -0.493 e. The Hall–Kier alpha value is -2.37. The van der Waals surface area contributed by atoms with Crippen molar-refractivity contribution < 1.29 is 9.53 Å². The van der Waals surface area contributed by atoms with Crippen LogP contribution in [0.4, 0.5) is 5.69 Å². The molecule has 27 heavy (non-hydrogen) atoms. The van der Waals surface area contributed by atoms with Gasteiger partial charge in [0.2, 0.25) is 5.91 Å². The number of carbonyl (C=O) groups is 1. The molecule has 2 heterocycles. The first-order valence-corrected chi connectivity index (χ1v) is 9.70. The number of anilines is 1. The average Bonchev–Trinajstić information content (AvgIpc) is 3.17. The number of nitrogens with zero attached hydrogens (tertiary/aromatic N) is 3. The van der Waals surface area contributed by atoms with Crippen molar-refractivity contribution in [3.05, 3.63) is 59.7 Å². The van der Waals surface area contributed by atoms with Crippen molar-refractivity contribution in [2.24, 2.45) is 0 Å². The van der Waals surface area contributed by atoms with E-state index in [0.717, 1.165) is 57.2 Å². The standard InChI is InChI=1S/C22H27N3O2/c1-23(20-5-3-2-4-6-20)22(26)17-25-12-10-24(11-13-25)16-18-7-8-21-19(15-18)9-14-27-21/h2-8,15H,9-14,16-17H2,1H3. The molecular formula is C22H27N3O2. The molecule has 0 spiro atoms. The SMILES string of the molecule is CN(C(=O)CN1CCN(Cc2ccc3c(c2)CCO3)CC1)c1ccccc1. The molecule has 1 amide bonds. The lowest BCUT2D eigenvalue weighted by molar-refractivity contribution is -0.119. The Morgan fingerprint density at radius 1 is 1.04 bits per heavy atom. The number of likely N-dealkylation sites (N-methyl/N-ethyl adjacent to an activating group) is 1. The molecule has 0 radical (unpaired) electrons. The van der Waals surface area contributed by atoms with E-state index < -0.39 is 0 Å². The van der Waals surface area contributed by atoms with Crippen molar-refractivity contribution in [3.8, 4) is 5.75 Å². The van der Waals surface area contributed by atoms with Crippen LogP contribution in [0.15, 0.2) is 48.5 Å². The van der Waals surface area contributed by atoms with E-state index in [4.69, 9.17) is 4.74 Å². The summed E-state index contributed by atoms with van der Waals surface area (Å²) in [6, 6.07) is 16.4. The molecule has 0 aliphatic carbocycles. The second-order valence-electron chi connectivity index (χ2n) is 7.38. The number of hydrogen-bond acceptors (Lipinski definition) is 4. The number of fused-ring (bicyclic) bond motifs is 1. The van der Waals surface area contributed by atoms with Crippen molar-refractivity contribution in [2.75, 3.05) is 51.3 Å². The fourth-order valence-electron chi connectivity index (χ4n) is 3.79. The molecule has 0 saturated carbocycles. The van der Waals surface area contributed by atoms with E-state index in [-0.39, 0.29) is 5.91 Å². The van der Waals surface area contributed by atoms with E-state index >= 15 is 0 Å². The van der Waals surface area contributed by atoms with E-state index in [2.05, 4.69) is 28.0 Å². The zero-order chi connectivity index (χ0) is 18.6. The maximum absolute atomic E-state index is 12.6. The monoisotopic (exact) mass is 365 g/mol. The number of para-hydroxylation sites is 1. The Morgan fingerprint density at radius 2 is 1.78 bits per heavy atom. The first-order chi connectivity index (χ1) is 13.2. The van der Waals surface area contributed by atoms with Crippen molar-refractivity contribution in [1.29, 1.82) is 0 Å². The molecule has 2 aromatic rings. The highest BCUT2D eigenvalue weighted by Crippen LogP contribution is 2.26. The summed E-state index contributed by atoms with van der Waals surface area (Å²) in [5, 5.41) is 0. The van der Waals surface area contributed by atoms with E-state index in [1.54, 1.807) is 4.90 Å². The lowest BCUT2D eigenvalue weighted by Crippen LogP contribution is -2.49. The highest BCUT2D eigenvalue weighted by Gasteiger charge is 2.21. The van der Waals surface area contributed by atoms with Crippen LogP contribution in [0.25, 0.3) is 0 Å². The van der Waals surface area contributed by atoms with Gasteiger partial charge in [0.05, 0.1) is 13.2 Å². The average molecular weight is 365 g/mol. The Labute approximate surface area is 161 Å². The Balaban J connectivity index is 1.26. The summed E-state index contributed by atoms with van der Waals surface area (Å²) < 4.78 is 5.59. The molecule has 0 atom stereocenters. The second kappa shape index (κ2) is 8.11. The summed E-state index contributed by atoms with van der Waals surface area (Å²) in [4.78, 5) is 19.0. The van der Waals surface area contributed by atoms with Crippen molar-refractivity contribution in [2.45, 2.75) is 13.0 Å². The lowest BCUT2D eigenvalue weighted by Gasteiger charge is -2.35. The minimum absolute atomic E-state index is 0.147. The van der Waals surface area contributed by atoms with Crippen molar-refractivity contribution >= 4 is 11.6 Å². The van der Waals surface area contributed by atoms with Gasteiger partial charge >= 0.3 is 0 Å². The summed E-state index contributed by atoms with van der Waals surface area (Å²) >= 11 is 0. The molecule has 2 aliphatic rings. The van der Waals surface area contributed by atoms with Gasteiger partial charge in [-0.15, -0.1) is 0 Å². The predicted octanol–water partition coefficient (Wildman–Crippen LogP) is 2.40. The van der Waals surface area contributed by atoms with Gasteiger partial charge in [-0.3, -0.25) is 14.6 Å². The molecule has 0 aromatic heterocycles. The molecule has 4 rings (SSSR count). The molecule has 1 fully saturated rings. The van der Waals surface area contributed by atoms with Crippen LogP contribution in [0.2, 0.25) is 0 Å². The number of ether oxygens (including phenoxy) is 1. The van der Waals surface area contributed by atoms with Crippen LogP contribution in [0.5, 0.6) is 5.75 Å². The van der Waals surface area contributed by atoms with Crippen LogP contribution in [0.3, 0.4) is 0 Å². The normalized spacial score (nSPS) is 17.4. The number of rotatable bonds is 5. The number of carbonyl (C=O) groups excluding carboxylic acids is 1.